The fourth-order valence-corrected chi connectivity index (χ4v) is 2.90. The lowest BCUT2D eigenvalue weighted by Gasteiger charge is -2.35. The molecule has 0 radical (unpaired) electrons. The van der Waals surface area contributed by atoms with Crippen molar-refractivity contribution >= 4 is 0 Å². The molecular weight excluding hydrogens is 214 g/mol. The Morgan fingerprint density at radius 1 is 1.24 bits per heavy atom. The molecule has 17 heavy (non-hydrogen) atoms. The molecule has 2 aliphatic rings. The van der Waals surface area contributed by atoms with E-state index in [0.717, 1.165) is 30.7 Å². The lowest BCUT2D eigenvalue weighted by atomic mass is 9.92. The summed E-state index contributed by atoms with van der Waals surface area (Å²) in [5.74, 6) is 1.24. The zero-order valence-electron chi connectivity index (χ0n) is 9.98. The highest BCUT2D eigenvalue weighted by Gasteiger charge is 2.29. The summed E-state index contributed by atoms with van der Waals surface area (Å²) in [6.45, 7) is 1.11. The van der Waals surface area contributed by atoms with Gasteiger partial charge >= 0.3 is 0 Å². The summed E-state index contributed by atoms with van der Waals surface area (Å²) in [6, 6.07) is 6.04. The summed E-state index contributed by atoms with van der Waals surface area (Å²) in [4.78, 5) is 0. The van der Waals surface area contributed by atoms with Crippen molar-refractivity contribution in [1.82, 2.24) is 5.32 Å². The normalized spacial score (nSPS) is 28.2. The standard InChI is InChI=1S/C14H19NO2/c16-12-5-3-6-13-10(12)7-8-14(17-13)11-4-1-2-9-15-11/h3,5-6,11,14-16H,1-2,4,7-9H2. The molecule has 3 rings (SSSR count). The van der Waals surface area contributed by atoms with Gasteiger partial charge in [-0.05, 0) is 44.4 Å². The number of hydrogen-bond acceptors (Lipinski definition) is 3. The average molecular weight is 233 g/mol. The van der Waals surface area contributed by atoms with Crippen LogP contribution in [-0.2, 0) is 6.42 Å². The summed E-state index contributed by atoms with van der Waals surface area (Å²) in [6.07, 6.45) is 5.97. The van der Waals surface area contributed by atoms with Gasteiger partial charge in [-0.3, -0.25) is 0 Å². The van der Waals surface area contributed by atoms with Crippen LogP contribution in [0.3, 0.4) is 0 Å². The third-order valence-electron chi connectivity index (χ3n) is 3.86. The monoisotopic (exact) mass is 233 g/mol. The topological polar surface area (TPSA) is 41.5 Å². The van der Waals surface area contributed by atoms with Gasteiger partial charge in [0.25, 0.3) is 0 Å². The Kier molecular flexibility index (Phi) is 2.93. The maximum Gasteiger partial charge on any atom is 0.126 e. The molecule has 3 nitrogen and oxygen atoms in total. The van der Waals surface area contributed by atoms with E-state index in [-0.39, 0.29) is 6.10 Å². The van der Waals surface area contributed by atoms with Gasteiger partial charge in [0, 0.05) is 11.6 Å². The van der Waals surface area contributed by atoms with Crippen molar-refractivity contribution < 1.29 is 9.84 Å². The Bertz CT molecular complexity index is 399. The van der Waals surface area contributed by atoms with Crippen LogP contribution in [-0.4, -0.2) is 23.8 Å². The molecule has 92 valence electrons. The molecule has 3 heteroatoms. The number of benzene rings is 1. The Labute approximate surface area is 102 Å². The summed E-state index contributed by atoms with van der Waals surface area (Å²) < 4.78 is 6.03. The minimum absolute atomic E-state index is 0.268. The van der Waals surface area contributed by atoms with Gasteiger partial charge in [0.15, 0.2) is 0 Å². The Balaban J connectivity index is 1.76. The molecule has 0 saturated carbocycles. The van der Waals surface area contributed by atoms with Gasteiger partial charge in [0.1, 0.15) is 17.6 Å². The number of aromatic hydroxyl groups is 1. The molecular formula is C14H19NO2. The van der Waals surface area contributed by atoms with Crippen LogP contribution < -0.4 is 10.1 Å². The van der Waals surface area contributed by atoms with Crippen molar-refractivity contribution in [1.29, 1.82) is 0 Å². The number of phenolic OH excluding ortho intramolecular Hbond substituents is 1. The van der Waals surface area contributed by atoms with Crippen LogP contribution in [0.4, 0.5) is 0 Å². The minimum Gasteiger partial charge on any atom is -0.508 e. The van der Waals surface area contributed by atoms with Crippen molar-refractivity contribution in [3.8, 4) is 11.5 Å². The Hall–Kier alpha value is -1.22. The zero-order valence-corrected chi connectivity index (χ0v) is 9.98. The number of fused-ring (bicyclic) bond motifs is 1. The third-order valence-corrected chi connectivity index (χ3v) is 3.86. The molecule has 1 aromatic rings. The molecule has 1 aromatic carbocycles. The fourth-order valence-electron chi connectivity index (χ4n) is 2.90. The first-order valence-corrected chi connectivity index (χ1v) is 6.55. The van der Waals surface area contributed by atoms with E-state index < -0.39 is 0 Å². The molecule has 1 saturated heterocycles. The number of rotatable bonds is 1. The molecule has 2 aliphatic heterocycles. The van der Waals surface area contributed by atoms with E-state index >= 15 is 0 Å². The number of phenols is 1. The highest BCUT2D eigenvalue weighted by atomic mass is 16.5. The van der Waals surface area contributed by atoms with Crippen molar-refractivity contribution in [3.05, 3.63) is 23.8 Å². The van der Waals surface area contributed by atoms with Crippen LogP contribution in [0.1, 0.15) is 31.2 Å². The highest BCUT2D eigenvalue weighted by molar-refractivity contribution is 5.45. The van der Waals surface area contributed by atoms with Crippen LogP contribution in [0.15, 0.2) is 18.2 Å². The number of ether oxygens (including phenoxy) is 1. The second-order valence-corrected chi connectivity index (χ2v) is 5.01. The van der Waals surface area contributed by atoms with E-state index in [1.807, 2.05) is 12.1 Å². The smallest absolute Gasteiger partial charge is 0.126 e. The predicted octanol–water partition coefficient (Wildman–Crippen LogP) is 2.23. The molecule has 0 bridgehead atoms. The Morgan fingerprint density at radius 3 is 3.00 bits per heavy atom. The molecule has 0 amide bonds. The van der Waals surface area contributed by atoms with Gasteiger partial charge in [-0.1, -0.05) is 12.5 Å². The van der Waals surface area contributed by atoms with Crippen molar-refractivity contribution in [2.45, 2.75) is 44.2 Å². The molecule has 2 N–H and O–H groups in total. The van der Waals surface area contributed by atoms with Crippen molar-refractivity contribution in [2.75, 3.05) is 6.54 Å². The third kappa shape index (κ3) is 2.12. The number of hydrogen-bond donors (Lipinski definition) is 2. The minimum atomic E-state index is 0.268. The average Bonchev–Trinajstić information content (AvgIpc) is 2.40. The first kappa shape index (κ1) is 10.9. The predicted molar refractivity (Wildman–Crippen MR) is 66.5 cm³/mol. The first-order valence-electron chi connectivity index (χ1n) is 6.55. The lowest BCUT2D eigenvalue weighted by Crippen LogP contribution is -2.47. The molecule has 0 spiro atoms. The summed E-state index contributed by atoms with van der Waals surface area (Å²) in [7, 11) is 0. The number of piperidine rings is 1. The Morgan fingerprint density at radius 2 is 2.18 bits per heavy atom. The van der Waals surface area contributed by atoms with Crippen LogP contribution in [0.25, 0.3) is 0 Å². The highest BCUT2D eigenvalue weighted by Crippen LogP contribution is 2.35. The van der Waals surface area contributed by atoms with Crippen LogP contribution in [0.2, 0.25) is 0 Å². The van der Waals surface area contributed by atoms with E-state index in [9.17, 15) is 5.11 Å². The summed E-state index contributed by atoms with van der Waals surface area (Å²) >= 11 is 0. The molecule has 2 heterocycles. The van der Waals surface area contributed by atoms with Gasteiger partial charge in [0.05, 0.1) is 0 Å². The summed E-state index contributed by atoms with van der Waals surface area (Å²) in [5.41, 5.74) is 0.972. The van der Waals surface area contributed by atoms with Gasteiger partial charge in [-0.15, -0.1) is 0 Å². The van der Waals surface area contributed by atoms with Crippen molar-refractivity contribution in [3.63, 3.8) is 0 Å². The van der Waals surface area contributed by atoms with E-state index in [1.54, 1.807) is 6.07 Å². The maximum absolute atomic E-state index is 9.76. The van der Waals surface area contributed by atoms with Gasteiger partial charge in [-0.25, -0.2) is 0 Å². The molecule has 0 aliphatic carbocycles. The van der Waals surface area contributed by atoms with E-state index in [0.29, 0.717) is 11.8 Å². The molecule has 2 unspecified atom stereocenters. The lowest BCUT2D eigenvalue weighted by molar-refractivity contribution is 0.114. The fraction of sp³-hybridized carbons (Fsp3) is 0.571. The van der Waals surface area contributed by atoms with Crippen LogP contribution in [0, 0.1) is 0 Å². The van der Waals surface area contributed by atoms with Crippen LogP contribution >= 0.6 is 0 Å². The second-order valence-electron chi connectivity index (χ2n) is 5.01. The largest absolute Gasteiger partial charge is 0.508 e. The quantitative estimate of drug-likeness (QED) is 0.781. The SMILES string of the molecule is Oc1cccc2c1CCC(C1CCCCN1)O2. The van der Waals surface area contributed by atoms with E-state index in [4.69, 9.17) is 4.74 Å². The van der Waals surface area contributed by atoms with Gasteiger partial charge in [-0.2, -0.15) is 0 Å². The molecule has 2 atom stereocenters. The van der Waals surface area contributed by atoms with Gasteiger partial charge in [0.2, 0.25) is 0 Å². The first-order chi connectivity index (χ1) is 8.34. The van der Waals surface area contributed by atoms with Gasteiger partial charge < -0.3 is 15.2 Å². The second kappa shape index (κ2) is 4.57. The zero-order chi connectivity index (χ0) is 11.7. The summed E-state index contributed by atoms with van der Waals surface area (Å²) in [5, 5.41) is 13.3. The van der Waals surface area contributed by atoms with Crippen LogP contribution in [0.5, 0.6) is 11.5 Å². The molecule has 0 aromatic heterocycles. The molecule has 1 fully saturated rings. The van der Waals surface area contributed by atoms with E-state index in [2.05, 4.69) is 5.32 Å². The van der Waals surface area contributed by atoms with E-state index in [1.165, 1.54) is 19.3 Å². The maximum atomic E-state index is 9.76. The van der Waals surface area contributed by atoms with Crippen molar-refractivity contribution in [2.24, 2.45) is 0 Å². The number of nitrogens with one attached hydrogen (secondary N) is 1.